The van der Waals surface area contributed by atoms with E-state index in [0.29, 0.717) is 6.54 Å². The van der Waals surface area contributed by atoms with Gasteiger partial charge in [0, 0.05) is 54.6 Å². The van der Waals surface area contributed by atoms with E-state index in [4.69, 9.17) is 4.74 Å². The zero-order valence-electron chi connectivity index (χ0n) is 17.2. The van der Waals surface area contributed by atoms with Gasteiger partial charge >= 0.3 is 6.09 Å². The smallest absolute Gasteiger partial charge is 0.410 e. The molecule has 1 atom stereocenters. The molecule has 0 radical (unpaired) electrons. The average molecular weight is 425 g/mol. The molecule has 1 fully saturated rings. The normalized spacial score (nSPS) is 20.2. The second kappa shape index (κ2) is 8.02. The van der Waals surface area contributed by atoms with E-state index in [9.17, 15) is 9.59 Å². The zero-order chi connectivity index (χ0) is 21.3. The van der Waals surface area contributed by atoms with Gasteiger partial charge in [-0.1, -0.05) is 6.07 Å². The summed E-state index contributed by atoms with van der Waals surface area (Å²) in [5, 5.41) is 3.73. The summed E-state index contributed by atoms with van der Waals surface area (Å²) in [4.78, 5) is 36.1. The van der Waals surface area contributed by atoms with Crippen LogP contribution < -0.4 is 5.32 Å². The quantitative estimate of drug-likeness (QED) is 0.596. The predicted molar refractivity (Wildman–Crippen MR) is 118 cm³/mol. The number of thiophene rings is 1. The summed E-state index contributed by atoms with van der Waals surface area (Å²) in [6.07, 6.45) is 9.62. The van der Waals surface area contributed by atoms with E-state index in [1.807, 2.05) is 26.0 Å². The van der Waals surface area contributed by atoms with Crippen LogP contribution >= 0.6 is 11.3 Å². The number of fused-ring (bicyclic) bond motifs is 2. The number of aromatic nitrogens is 1. The van der Waals surface area contributed by atoms with Crippen LogP contribution in [-0.4, -0.2) is 46.8 Å². The van der Waals surface area contributed by atoms with E-state index in [1.54, 1.807) is 36.6 Å². The summed E-state index contributed by atoms with van der Waals surface area (Å²) in [7, 11) is 1.72. The molecule has 2 aromatic rings. The number of aliphatic imine (C=N–C) groups is 1. The third-order valence-electron chi connectivity index (χ3n) is 5.26. The first-order chi connectivity index (χ1) is 14.4. The van der Waals surface area contributed by atoms with Crippen LogP contribution in [0, 0.1) is 0 Å². The number of carbonyl (C=O) groups excluding carboxylic acids is 2. The molecule has 0 aromatic carbocycles. The first kappa shape index (κ1) is 20.3. The van der Waals surface area contributed by atoms with E-state index in [2.05, 4.69) is 15.3 Å². The minimum Gasteiger partial charge on any atom is -0.443 e. The standard InChI is InChI=1S/C22H24N4O3S/c1-22(2)10-15-9-16-17(12-23-3)20(30-18(16)13-26(15)21(28)29-22)25-19(27)7-6-14-5-4-8-24-11-14/h4-8,11-12,15H,9-10,13H2,1-3H3,(H,25,27)/b7-6+,23-12?. The number of anilines is 1. The van der Waals surface area contributed by atoms with Crippen LogP contribution in [0.4, 0.5) is 9.80 Å². The highest BCUT2D eigenvalue weighted by Crippen LogP contribution is 2.41. The molecular formula is C22H24N4O3S. The lowest BCUT2D eigenvalue weighted by atomic mass is 9.88. The van der Waals surface area contributed by atoms with Crippen molar-refractivity contribution < 1.29 is 14.3 Å². The summed E-state index contributed by atoms with van der Waals surface area (Å²) in [5.74, 6) is -0.221. The SMILES string of the molecule is CN=Cc1c(NC(=O)/C=C/c2cccnc2)sc2c1CC1CC(C)(C)OC(=O)N1C2. The maximum Gasteiger partial charge on any atom is 0.410 e. The molecule has 4 heterocycles. The Morgan fingerprint density at radius 3 is 3.03 bits per heavy atom. The Hall–Kier alpha value is -3.00. The third kappa shape index (κ3) is 4.14. The Morgan fingerprint density at radius 2 is 2.30 bits per heavy atom. The van der Waals surface area contributed by atoms with Crippen LogP contribution in [-0.2, 0) is 22.5 Å². The number of hydrogen-bond acceptors (Lipinski definition) is 6. The van der Waals surface area contributed by atoms with Crippen LogP contribution in [0.15, 0.2) is 35.6 Å². The number of ether oxygens (including phenoxy) is 1. The molecule has 0 spiro atoms. The molecular weight excluding hydrogens is 400 g/mol. The number of carbonyl (C=O) groups is 2. The maximum atomic E-state index is 12.5. The molecule has 0 bridgehead atoms. The first-order valence-electron chi connectivity index (χ1n) is 9.82. The van der Waals surface area contributed by atoms with Crippen molar-refractivity contribution in [3.8, 4) is 0 Å². The summed E-state index contributed by atoms with van der Waals surface area (Å²) in [5.41, 5.74) is 2.46. The molecule has 4 rings (SSSR count). The van der Waals surface area contributed by atoms with E-state index >= 15 is 0 Å². The van der Waals surface area contributed by atoms with Crippen LogP contribution in [0.1, 0.15) is 41.8 Å². The number of rotatable bonds is 4. The zero-order valence-corrected chi connectivity index (χ0v) is 18.0. The molecule has 0 aliphatic carbocycles. The molecule has 2 aromatic heterocycles. The van der Waals surface area contributed by atoms with Crippen molar-refractivity contribution in [2.45, 2.75) is 44.9 Å². The number of pyridine rings is 1. The molecule has 1 N–H and O–H groups in total. The van der Waals surface area contributed by atoms with Gasteiger partial charge in [0.1, 0.15) is 10.6 Å². The largest absolute Gasteiger partial charge is 0.443 e. The monoisotopic (exact) mass is 424 g/mol. The summed E-state index contributed by atoms with van der Waals surface area (Å²) < 4.78 is 5.56. The average Bonchev–Trinajstić information content (AvgIpc) is 3.02. The maximum absolute atomic E-state index is 12.5. The molecule has 8 heteroatoms. The topological polar surface area (TPSA) is 83.9 Å². The van der Waals surface area contributed by atoms with Crippen LogP contribution in [0.5, 0.6) is 0 Å². The highest BCUT2D eigenvalue weighted by Gasteiger charge is 2.43. The Balaban J connectivity index is 1.58. The number of hydrogen-bond donors (Lipinski definition) is 1. The molecule has 30 heavy (non-hydrogen) atoms. The summed E-state index contributed by atoms with van der Waals surface area (Å²) in [6, 6.07) is 3.79. The lowest BCUT2D eigenvalue weighted by molar-refractivity contribution is -0.111. The molecule has 0 saturated carbocycles. The van der Waals surface area contributed by atoms with Gasteiger partial charge in [0.15, 0.2) is 0 Å². The van der Waals surface area contributed by atoms with Gasteiger partial charge in [0.05, 0.1) is 6.54 Å². The second-order valence-corrected chi connectivity index (χ2v) is 9.17. The number of cyclic esters (lactones) is 1. The van der Waals surface area contributed by atoms with E-state index < -0.39 is 5.60 Å². The fourth-order valence-electron chi connectivity index (χ4n) is 3.97. The van der Waals surface area contributed by atoms with E-state index in [0.717, 1.165) is 39.4 Å². The Morgan fingerprint density at radius 1 is 1.47 bits per heavy atom. The molecule has 1 saturated heterocycles. The lowest BCUT2D eigenvalue weighted by Gasteiger charge is -2.44. The van der Waals surface area contributed by atoms with Gasteiger partial charge in [-0.25, -0.2) is 4.79 Å². The Kier molecular flexibility index (Phi) is 5.42. The van der Waals surface area contributed by atoms with Crippen LogP contribution in [0.3, 0.4) is 0 Å². The molecule has 1 unspecified atom stereocenters. The fourth-order valence-corrected chi connectivity index (χ4v) is 5.17. The van der Waals surface area contributed by atoms with Crippen molar-refractivity contribution in [3.63, 3.8) is 0 Å². The van der Waals surface area contributed by atoms with E-state index in [1.165, 1.54) is 17.4 Å². The van der Waals surface area contributed by atoms with Gasteiger partial charge in [0.2, 0.25) is 5.91 Å². The number of nitrogens with one attached hydrogen (secondary N) is 1. The minimum atomic E-state index is -0.473. The Labute approximate surface area is 179 Å². The first-order valence-corrected chi connectivity index (χ1v) is 10.6. The van der Waals surface area contributed by atoms with Gasteiger partial charge in [-0.2, -0.15) is 0 Å². The Bertz CT molecular complexity index is 1030. The highest BCUT2D eigenvalue weighted by atomic mass is 32.1. The lowest BCUT2D eigenvalue weighted by Crippen LogP contribution is -2.54. The van der Waals surface area contributed by atoms with Crippen molar-refractivity contribution in [1.82, 2.24) is 9.88 Å². The fraction of sp³-hybridized carbons (Fsp3) is 0.364. The van der Waals surface area contributed by atoms with Crippen molar-refractivity contribution in [2.24, 2.45) is 4.99 Å². The van der Waals surface area contributed by atoms with Gasteiger partial charge in [-0.3, -0.25) is 19.7 Å². The summed E-state index contributed by atoms with van der Waals surface area (Å²) >= 11 is 1.49. The van der Waals surface area contributed by atoms with Gasteiger partial charge < -0.3 is 10.1 Å². The minimum absolute atomic E-state index is 0.0846. The van der Waals surface area contributed by atoms with Crippen molar-refractivity contribution >= 4 is 40.6 Å². The molecule has 2 aliphatic rings. The number of nitrogens with zero attached hydrogens (tertiary/aromatic N) is 3. The van der Waals surface area contributed by atoms with Crippen LogP contribution in [0.2, 0.25) is 0 Å². The van der Waals surface area contributed by atoms with E-state index in [-0.39, 0.29) is 18.0 Å². The summed E-state index contributed by atoms with van der Waals surface area (Å²) in [6.45, 7) is 4.38. The van der Waals surface area contributed by atoms with Crippen molar-refractivity contribution in [3.05, 3.63) is 52.2 Å². The van der Waals surface area contributed by atoms with Crippen LogP contribution in [0.25, 0.3) is 6.08 Å². The second-order valence-electron chi connectivity index (χ2n) is 8.06. The molecule has 2 aliphatic heterocycles. The van der Waals surface area contributed by atoms with Crippen molar-refractivity contribution in [1.29, 1.82) is 0 Å². The van der Waals surface area contributed by atoms with Gasteiger partial charge in [-0.05, 0) is 43.5 Å². The molecule has 7 nitrogen and oxygen atoms in total. The predicted octanol–water partition coefficient (Wildman–Crippen LogP) is 3.89. The van der Waals surface area contributed by atoms with Gasteiger partial charge in [-0.15, -0.1) is 11.3 Å². The van der Waals surface area contributed by atoms with Gasteiger partial charge in [0.25, 0.3) is 0 Å². The molecule has 2 amide bonds. The van der Waals surface area contributed by atoms with Crippen molar-refractivity contribution in [2.75, 3.05) is 12.4 Å². The highest BCUT2D eigenvalue weighted by molar-refractivity contribution is 7.17. The molecule has 156 valence electrons. The number of amides is 2. The third-order valence-corrected chi connectivity index (χ3v) is 6.41.